The Kier molecular flexibility index (Phi) is 7.51. The fraction of sp³-hybridized carbons (Fsp3) is 0.304. The van der Waals surface area contributed by atoms with Crippen LogP contribution >= 0.6 is 35.0 Å². The lowest BCUT2D eigenvalue weighted by Crippen LogP contribution is -2.41. The monoisotopic (exact) mass is 506 g/mol. The maximum Gasteiger partial charge on any atom is 0.215 e. The van der Waals surface area contributed by atoms with Gasteiger partial charge in [-0.3, -0.25) is 0 Å². The minimum absolute atomic E-state index is 0.180. The van der Waals surface area contributed by atoms with Crippen LogP contribution in [0.1, 0.15) is 12.5 Å². The lowest BCUT2D eigenvalue weighted by Gasteiger charge is -2.30. The van der Waals surface area contributed by atoms with Gasteiger partial charge in [-0.2, -0.15) is 0 Å². The van der Waals surface area contributed by atoms with Crippen LogP contribution in [0.3, 0.4) is 0 Å². The standard InChI is InChI=1S/C23H23Cl2N3O4S/c1-2-28(22(29)30)17-4-6-19(7-5-17)33-13-18-12-31-23(32-18,14-27-10-9-26-15-27)20-8-3-16(24)11-21(20)25/h3-11,15,18H,2,12-14H2,1H3,(H,29,30)/p-1. The van der Waals surface area contributed by atoms with Crippen molar-refractivity contribution in [1.29, 1.82) is 0 Å². The molecule has 4 rings (SSSR count). The molecule has 1 aliphatic heterocycles. The summed E-state index contributed by atoms with van der Waals surface area (Å²) in [6.45, 7) is 2.88. The van der Waals surface area contributed by atoms with Crippen molar-refractivity contribution in [3.05, 3.63) is 76.8 Å². The number of hydrogen-bond acceptors (Lipinski definition) is 6. The Labute approximate surface area is 206 Å². The van der Waals surface area contributed by atoms with Crippen molar-refractivity contribution in [2.24, 2.45) is 0 Å². The molecule has 0 N–H and O–H groups in total. The lowest BCUT2D eigenvalue weighted by atomic mass is 10.1. The molecule has 1 aromatic heterocycles. The molecule has 2 atom stereocenters. The first kappa shape index (κ1) is 23.9. The summed E-state index contributed by atoms with van der Waals surface area (Å²) in [5, 5.41) is 12.2. The summed E-state index contributed by atoms with van der Waals surface area (Å²) < 4.78 is 14.6. The van der Waals surface area contributed by atoms with Crippen LogP contribution in [0.4, 0.5) is 10.5 Å². The SMILES string of the molecule is CCN(C(=O)[O-])c1ccc(SCC2COC(Cn3ccnc3)(c3ccc(Cl)cc3Cl)O2)cc1. The van der Waals surface area contributed by atoms with Gasteiger partial charge in [-0.15, -0.1) is 11.8 Å². The topological polar surface area (TPSA) is 79.7 Å². The summed E-state index contributed by atoms with van der Waals surface area (Å²) in [6, 6.07) is 12.6. The molecule has 3 aromatic rings. The number of aromatic nitrogens is 2. The van der Waals surface area contributed by atoms with Crippen molar-refractivity contribution >= 4 is 46.7 Å². The molecule has 2 unspecified atom stereocenters. The maximum atomic E-state index is 11.2. The molecule has 0 bridgehead atoms. The minimum Gasteiger partial charge on any atom is -0.530 e. The quantitative estimate of drug-likeness (QED) is 0.420. The van der Waals surface area contributed by atoms with Gasteiger partial charge in [0.25, 0.3) is 0 Å². The Morgan fingerprint density at radius 3 is 2.73 bits per heavy atom. The van der Waals surface area contributed by atoms with Crippen molar-refractivity contribution < 1.29 is 19.4 Å². The summed E-state index contributed by atoms with van der Waals surface area (Å²) in [5.41, 5.74) is 1.29. The van der Waals surface area contributed by atoms with Gasteiger partial charge < -0.3 is 28.8 Å². The highest BCUT2D eigenvalue weighted by molar-refractivity contribution is 7.99. The van der Waals surface area contributed by atoms with Gasteiger partial charge in [0, 0.05) is 45.9 Å². The molecule has 7 nitrogen and oxygen atoms in total. The molecule has 1 amide bonds. The fourth-order valence-corrected chi connectivity index (χ4v) is 5.13. The minimum atomic E-state index is -1.22. The molecule has 0 spiro atoms. The van der Waals surface area contributed by atoms with Gasteiger partial charge in [-0.1, -0.05) is 29.3 Å². The first-order valence-electron chi connectivity index (χ1n) is 10.3. The fourth-order valence-electron chi connectivity index (χ4n) is 3.70. The number of nitrogens with zero attached hydrogens (tertiary/aromatic N) is 3. The second-order valence-corrected chi connectivity index (χ2v) is 9.42. The molecule has 0 saturated carbocycles. The Balaban J connectivity index is 1.46. The van der Waals surface area contributed by atoms with Crippen LogP contribution in [-0.4, -0.2) is 40.7 Å². The Hall–Kier alpha value is -2.23. The van der Waals surface area contributed by atoms with Crippen molar-refractivity contribution in [3.8, 4) is 0 Å². The summed E-state index contributed by atoms with van der Waals surface area (Å²) in [6.07, 6.45) is 3.84. The summed E-state index contributed by atoms with van der Waals surface area (Å²) in [7, 11) is 0. The van der Waals surface area contributed by atoms with Crippen LogP contribution in [0, 0.1) is 0 Å². The van der Waals surface area contributed by atoms with E-state index < -0.39 is 11.9 Å². The first-order valence-corrected chi connectivity index (χ1v) is 12.1. The average molecular weight is 507 g/mol. The number of carboxylic acid groups (broad SMARTS) is 1. The molecule has 0 aliphatic carbocycles. The van der Waals surface area contributed by atoms with E-state index in [2.05, 4.69) is 4.98 Å². The third-order valence-electron chi connectivity index (χ3n) is 5.27. The molecular formula is C23H22Cl2N3O4S-. The predicted molar refractivity (Wildman–Crippen MR) is 127 cm³/mol. The van der Waals surface area contributed by atoms with E-state index in [1.54, 1.807) is 55.5 Å². The van der Waals surface area contributed by atoms with Gasteiger partial charge in [0.15, 0.2) is 0 Å². The van der Waals surface area contributed by atoms with Gasteiger partial charge in [0.1, 0.15) is 6.09 Å². The first-order chi connectivity index (χ1) is 15.9. The molecule has 2 aromatic carbocycles. The number of thioether (sulfide) groups is 1. The van der Waals surface area contributed by atoms with Crippen LogP contribution in [0.5, 0.6) is 0 Å². The zero-order chi connectivity index (χ0) is 23.4. The number of hydrogen-bond donors (Lipinski definition) is 0. The molecule has 1 aliphatic rings. The predicted octanol–water partition coefficient (Wildman–Crippen LogP) is 4.42. The molecule has 174 valence electrons. The highest BCUT2D eigenvalue weighted by Gasteiger charge is 2.45. The number of amides is 1. The van der Waals surface area contributed by atoms with E-state index in [1.807, 2.05) is 29.0 Å². The maximum absolute atomic E-state index is 11.2. The summed E-state index contributed by atoms with van der Waals surface area (Å²) in [5.74, 6) is -0.415. The molecule has 2 heterocycles. The molecule has 1 fully saturated rings. The van der Waals surface area contributed by atoms with Crippen LogP contribution in [0.25, 0.3) is 0 Å². The Morgan fingerprint density at radius 2 is 2.09 bits per heavy atom. The third-order valence-corrected chi connectivity index (χ3v) is 6.96. The molecule has 0 radical (unpaired) electrons. The van der Waals surface area contributed by atoms with E-state index in [0.717, 1.165) is 4.90 Å². The summed E-state index contributed by atoms with van der Waals surface area (Å²) in [4.78, 5) is 17.5. The van der Waals surface area contributed by atoms with E-state index in [1.165, 1.54) is 4.90 Å². The smallest absolute Gasteiger partial charge is 0.215 e. The lowest BCUT2D eigenvalue weighted by molar-refractivity contribution is -0.246. The number of anilines is 1. The van der Waals surface area contributed by atoms with E-state index in [-0.39, 0.29) is 6.10 Å². The second kappa shape index (κ2) is 10.4. The van der Waals surface area contributed by atoms with Gasteiger partial charge in [0.2, 0.25) is 5.79 Å². The Morgan fingerprint density at radius 1 is 1.30 bits per heavy atom. The van der Waals surface area contributed by atoms with E-state index in [4.69, 9.17) is 32.7 Å². The average Bonchev–Trinajstić information content (AvgIpc) is 3.44. The normalized spacial score (nSPS) is 20.2. The van der Waals surface area contributed by atoms with Crippen molar-refractivity contribution in [1.82, 2.24) is 9.55 Å². The van der Waals surface area contributed by atoms with Gasteiger partial charge in [-0.05, 0) is 43.3 Å². The number of imidazole rings is 1. The largest absolute Gasteiger partial charge is 0.530 e. The third kappa shape index (κ3) is 5.47. The molecule has 1 saturated heterocycles. The van der Waals surface area contributed by atoms with Gasteiger partial charge in [-0.25, -0.2) is 4.98 Å². The zero-order valence-corrected chi connectivity index (χ0v) is 20.1. The van der Waals surface area contributed by atoms with Crippen molar-refractivity contribution in [3.63, 3.8) is 0 Å². The molecule has 33 heavy (non-hydrogen) atoms. The molecule has 10 heteroatoms. The second-order valence-electron chi connectivity index (χ2n) is 7.48. The van der Waals surface area contributed by atoms with E-state index in [9.17, 15) is 9.90 Å². The number of benzene rings is 2. The number of carbonyl (C=O) groups excluding carboxylic acids is 1. The van der Waals surface area contributed by atoms with E-state index in [0.29, 0.717) is 46.7 Å². The van der Waals surface area contributed by atoms with E-state index >= 15 is 0 Å². The van der Waals surface area contributed by atoms with Crippen LogP contribution in [-0.2, 0) is 21.8 Å². The highest BCUT2D eigenvalue weighted by atomic mass is 35.5. The van der Waals surface area contributed by atoms with Crippen molar-refractivity contribution in [2.75, 3.05) is 23.8 Å². The number of carbonyl (C=O) groups is 1. The van der Waals surface area contributed by atoms with Crippen LogP contribution in [0.15, 0.2) is 66.1 Å². The number of rotatable bonds is 8. The molecular weight excluding hydrogens is 485 g/mol. The number of halogens is 2. The zero-order valence-electron chi connectivity index (χ0n) is 17.8. The Bertz CT molecular complexity index is 1100. The van der Waals surface area contributed by atoms with Gasteiger partial charge >= 0.3 is 0 Å². The highest BCUT2D eigenvalue weighted by Crippen LogP contribution is 2.41. The van der Waals surface area contributed by atoms with Gasteiger partial charge in [0.05, 0.1) is 30.6 Å². The summed E-state index contributed by atoms with van der Waals surface area (Å²) >= 11 is 14.2. The number of ether oxygens (including phenoxy) is 2. The van der Waals surface area contributed by atoms with Crippen molar-refractivity contribution in [2.45, 2.75) is 30.3 Å². The van der Waals surface area contributed by atoms with Crippen LogP contribution < -0.4 is 10.0 Å². The van der Waals surface area contributed by atoms with Crippen LogP contribution in [0.2, 0.25) is 10.0 Å².